The maximum absolute atomic E-state index is 6.58. The third-order valence-electron chi connectivity index (χ3n) is 12.3. The summed E-state index contributed by atoms with van der Waals surface area (Å²) in [6, 6.07) is 77.5. The molecule has 2 heteroatoms. The molecular formula is C55H35NO. The van der Waals surface area contributed by atoms with Crippen LogP contribution in [-0.4, -0.2) is 0 Å². The molecule has 0 saturated carbocycles. The van der Waals surface area contributed by atoms with Gasteiger partial charge in [-0.15, -0.1) is 0 Å². The minimum atomic E-state index is -0.455. The van der Waals surface area contributed by atoms with Gasteiger partial charge in [-0.2, -0.15) is 0 Å². The van der Waals surface area contributed by atoms with Gasteiger partial charge in [-0.3, -0.25) is 0 Å². The molecule has 266 valence electrons. The highest BCUT2D eigenvalue weighted by molar-refractivity contribution is 6.08. The van der Waals surface area contributed by atoms with Gasteiger partial charge >= 0.3 is 0 Å². The van der Waals surface area contributed by atoms with Crippen LogP contribution in [0.1, 0.15) is 22.3 Å². The number of anilines is 3. The molecule has 0 atom stereocenters. The molecule has 9 aromatic carbocycles. The van der Waals surface area contributed by atoms with Crippen molar-refractivity contribution in [3.63, 3.8) is 0 Å². The summed E-state index contributed by atoms with van der Waals surface area (Å²) in [5.74, 6) is 0. The second kappa shape index (κ2) is 12.3. The van der Waals surface area contributed by atoms with Crippen LogP contribution in [0, 0.1) is 0 Å². The number of hydrogen-bond acceptors (Lipinski definition) is 2. The predicted octanol–water partition coefficient (Wildman–Crippen LogP) is 14.7. The van der Waals surface area contributed by atoms with Gasteiger partial charge in [0.25, 0.3) is 0 Å². The molecule has 0 fully saturated rings. The molecule has 0 bridgehead atoms. The fourth-order valence-electron chi connectivity index (χ4n) is 9.96. The van der Waals surface area contributed by atoms with E-state index in [0.29, 0.717) is 0 Å². The summed E-state index contributed by atoms with van der Waals surface area (Å²) in [4.78, 5) is 2.48. The van der Waals surface area contributed by atoms with E-state index in [1.807, 2.05) is 6.07 Å². The van der Waals surface area contributed by atoms with Gasteiger partial charge in [0, 0.05) is 33.7 Å². The van der Waals surface area contributed by atoms with Crippen LogP contribution in [0.2, 0.25) is 0 Å². The van der Waals surface area contributed by atoms with Crippen LogP contribution in [0.3, 0.4) is 0 Å². The van der Waals surface area contributed by atoms with Crippen LogP contribution in [0.15, 0.2) is 217 Å². The number of benzene rings is 9. The van der Waals surface area contributed by atoms with Crippen molar-refractivity contribution in [2.24, 2.45) is 0 Å². The smallest absolute Gasteiger partial charge is 0.137 e. The first-order valence-corrected chi connectivity index (χ1v) is 19.7. The van der Waals surface area contributed by atoms with Crippen molar-refractivity contribution in [3.8, 4) is 44.5 Å². The lowest BCUT2D eigenvalue weighted by molar-refractivity contribution is 0.669. The van der Waals surface area contributed by atoms with Crippen molar-refractivity contribution in [2.45, 2.75) is 5.41 Å². The Kier molecular flexibility index (Phi) is 6.88. The molecule has 0 amide bonds. The van der Waals surface area contributed by atoms with Crippen molar-refractivity contribution >= 4 is 39.0 Å². The first-order chi connectivity index (χ1) is 28.3. The van der Waals surface area contributed by atoms with Crippen LogP contribution >= 0.6 is 0 Å². The van der Waals surface area contributed by atoms with Gasteiger partial charge in [-0.25, -0.2) is 0 Å². The zero-order chi connectivity index (χ0) is 37.5. The number of fused-ring (bicyclic) bond motifs is 13. The lowest BCUT2D eigenvalue weighted by Gasteiger charge is -2.32. The predicted molar refractivity (Wildman–Crippen MR) is 236 cm³/mol. The van der Waals surface area contributed by atoms with E-state index in [0.717, 1.165) is 50.1 Å². The summed E-state index contributed by atoms with van der Waals surface area (Å²) < 4.78 is 6.58. The average molecular weight is 726 g/mol. The Bertz CT molecular complexity index is 3150. The van der Waals surface area contributed by atoms with Crippen molar-refractivity contribution < 1.29 is 4.42 Å². The molecule has 2 aliphatic carbocycles. The molecule has 0 aliphatic heterocycles. The molecule has 0 radical (unpaired) electrons. The Morgan fingerprint density at radius 2 is 0.912 bits per heavy atom. The van der Waals surface area contributed by atoms with Crippen LogP contribution < -0.4 is 4.90 Å². The van der Waals surface area contributed by atoms with E-state index in [4.69, 9.17) is 4.42 Å². The van der Waals surface area contributed by atoms with E-state index in [9.17, 15) is 0 Å². The van der Waals surface area contributed by atoms with Crippen molar-refractivity contribution in [1.29, 1.82) is 0 Å². The summed E-state index contributed by atoms with van der Waals surface area (Å²) in [6.07, 6.45) is 0. The van der Waals surface area contributed by atoms with Crippen LogP contribution in [0.25, 0.3) is 66.4 Å². The summed E-state index contributed by atoms with van der Waals surface area (Å²) >= 11 is 0. The van der Waals surface area contributed by atoms with Gasteiger partial charge < -0.3 is 9.32 Å². The van der Waals surface area contributed by atoms with E-state index in [1.165, 1.54) is 55.6 Å². The molecule has 1 aromatic heterocycles. The van der Waals surface area contributed by atoms with Gasteiger partial charge in [-0.05, 0) is 92.0 Å². The van der Waals surface area contributed by atoms with Crippen LogP contribution in [-0.2, 0) is 5.41 Å². The fraction of sp³-hybridized carbons (Fsp3) is 0.0182. The summed E-state index contributed by atoms with van der Waals surface area (Å²) in [7, 11) is 0. The zero-order valence-corrected chi connectivity index (χ0v) is 31.1. The Morgan fingerprint density at radius 1 is 0.333 bits per heavy atom. The largest absolute Gasteiger partial charge is 0.456 e. The maximum Gasteiger partial charge on any atom is 0.137 e. The molecule has 10 aromatic rings. The van der Waals surface area contributed by atoms with E-state index in [1.54, 1.807) is 0 Å². The van der Waals surface area contributed by atoms with Gasteiger partial charge in [-0.1, -0.05) is 170 Å². The van der Waals surface area contributed by atoms with E-state index < -0.39 is 5.41 Å². The van der Waals surface area contributed by atoms with Crippen molar-refractivity contribution in [1.82, 2.24) is 0 Å². The highest BCUT2D eigenvalue weighted by atomic mass is 16.3. The van der Waals surface area contributed by atoms with E-state index in [2.05, 4.69) is 211 Å². The Morgan fingerprint density at radius 3 is 1.65 bits per heavy atom. The minimum absolute atomic E-state index is 0.455. The normalized spacial score (nSPS) is 13.1. The van der Waals surface area contributed by atoms with Gasteiger partial charge in [0.2, 0.25) is 0 Å². The Hall–Kier alpha value is -7.42. The molecule has 12 rings (SSSR count). The highest BCUT2D eigenvalue weighted by Gasteiger charge is 2.52. The molecule has 57 heavy (non-hydrogen) atoms. The number of rotatable bonds is 5. The Labute approximate surface area is 331 Å². The van der Waals surface area contributed by atoms with Gasteiger partial charge in [0.15, 0.2) is 0 Å². The third-order valence-corrected chi connectivity index (χ3v) is 12.3. The fourth-order valence-corrected chi connectivity index (χ4v) is 9.96. The van der Waals surface area contributed by atoms with Crippen LogP contribution in [0.4, 0.5) is 17.1 Å². The molecule has 0 saturated heterocycles. The SMILES string of the molecule is c1ccc(-c2ccc(N(c3ccc4c(c3)oc3ccccc34)c3cccc4c3-c3ccccc3C43c4ccccc4-c4ccccc43)c(-c3ccccc3)c2)cc1. The zero-order valence-electron chi connectivity index (χ0n) is 31.1. The minimum Gasteiger partial charge on any atom is -0.456 e. The molecule has 2 aliphatic rings. The summed E-state index contributed by atoms with van der Waals surface area (Å²) in [5, 5.41) is 2.23. The van der Waals surface area contributed by atoms with Crippen LogP contribution in [0.5, 0.6) is 0 Å². The standard InChI is InChI=1S/C55H35NO/c1-3-16-36(17-4-1)38-30-33-50(45(34-38)37-18-5-2-6-19-37)56(39-31-32-43-42-22-10-14-29-52(42)57-53(43)35-39)51-28-15-27-49-54(51)44-23-9-13-26-48(44)55(49)46-24-11-7-20-40(46)41-21-8-12-25-47(41)55/h1-35H. The van der Waals surface area contributed by atoms with Gasteiger partial charge in [0.05, 0.1) is 16.8 Å². The molecule has 1 heterocycles. The molecule has 1 spiro atoms. The number of para-hydroxylation sites is 1. The quantitative estimate of drug-likeness (QED) is 0.176. The van der Waals surface area contributed by atoms with E-state index in [-0.39, 0.29) is 0 Å². The summed E-state index contributed by atoms with van der Waals surface area (Å²) in [5.41, 5.74) is 19.6. The van der Waals surface area contributed by atoms with Crippen molar-refractivity contribution in [3.05, 3.63) is 235 Å². The number of nitrogens with zero attached hydrogens (tertiary/aromatic N) is 1. The second-order valence-electron chi connectivity index (χ2n) is 15.2. The second-order valence-corrected chi connectivity index (χ2v) is 15.2. The lowest BCUT2D eigenvalue weighted by atomic mass is 9.70. The topological polar surface area (TPSA) is 16.4 Å². The molecule has 0 N–H and O–H groups in total. The Balaban J connectivity index is 1.18. The third kappa shape index (κ3) is 4.53. The maximum atomic E-state index is 6.58. The first-order valence-electron chi connectivity index (χ1n) is 19.7. The molecule has 0 unspecified atom stereocenters. The van der Waals surface area contributed by atoms with E-state index >= 15 is 0 Å². The molecule has 2 nitrogen and oxygen atoms in total. The monoisotopic (exact) mass is 725 g/mol. The first kappa shape index (κ1) is 31.9. The van der Waals surface area contributed by atoms with Gasteiger partial charge in [0.1, 0.15) is 11.2 Å². The average Bonchev–Trinajstić information content (AvgIpc) is 3.91. The molecular weight excluding hydrogens is 691 g/mol. The van der Waals surface area contributed by atoms with Crippen molar-refractivity contribution in [2.75, 3.05) is 4.90 Å². The highest BCUT2D eigenvalue weighted by Crippen LogP contribution is 2.65. The number of furan rings is 1. The lowest BCUT2D eigenvalue weighted by Crippen LogP contribution is -2.26. The number of hydrogen-bond donors (Lipinski definition) is 0. The summed E-state index contributed by atoms with van der Waals surface area (Å²) in [6.45, 7) is 0.